The fourth-order valence-electron chi connectivity index (χ4n) is 2.07. The lowest BCUT2D eigenvalue weighted by Gasteiger charge is -2.27. The molecule has 2 N–H and O–H groups in total. The molecule has 1 saturated carbocycles. The van der Waals surface area contributed by atoms with Gasteiger partial charge in [-0.15, -0.1) is 0 Å². The van der Waals surface area contributed by atoms with Gasteiger partial charge in [0.1, 0.15) is 0 Å². The minimum absolute atomic E-state index is 0.143. The Morgan fingerprint density at radius 2 is 1.89 bits per heavy atom. The fourth-order valence-corrected chi connectivity index (χ4v) is 2.07. The van der Waals surface area contributed by atoms with E-state index in [0.717, 1.165) is 25.4 Å². The third-order valence-corrected chi connectivity index (χ3v) is 3.72. The quantitative estimate of drug-likeness (QED) is 0.534. The maximum absolute atomic E-state index is 9.83. The summed E-state index contributed by atoms with van der Waals surface area (Å²) in [4.78, 5) is 0. The molecule has 0 spiro atoms. The van der Waals surface area contributed by atoms with E-state index in [1.807, 2.05) is 0 Å². The predicted molar refractivity (Wildman–Crippen MR) is 77.4 cm³/mol. The maximum atomic E-state index is 9.83. The molecule has 0 aromatic heterocycles. The number of unbranched alkanes of at least 4 members (excludes halogenated alkanes) is 1. The SMILES string of the molecule is CCCCOCCOCC(O)CNC(C)(C)C1CC1. The minimum atomic E-state index is -0.436. The number of nitrogens with one attached hydrogen (secondary N) is 1. The number of β-amino-alcohol motifs (C(OH)–C–C–N with tert-alkyl or cyclic N) is 1. The number of aliphatic hydroxyl groups is 1. The first-order valence-corrected chi connectivity index (χ1v) is 7.65. The molecular formula is C15H31NO3. The summed E-state index contributed by atoms with van der Waals surface area (Å²) in [5.74, 6) is 0.771. The lowest BCUT2D eigenvalue weighted by atomic mass is 9.98. The monoisotopic (exact) mass is 273 g/mol. The summed E-state index contributed by atoms with van der Waals surface area (Å²) < 4.78 is 10.8. The molecule has 0 bridgehead atoms. The topological polar surface area (TPSA) is 50.7 Å². The summed E-state index contributed by atoms with van der Waals surface area (Å²) in [6.07, 6.45) is 4.43. The van der Waals surface area contributed by atoms with Crippen LogP contribution in [0.25, 0.3) is 0 Å². The summed E-state index contributed by atoms with van der Waals surface area (Å²) >= 11 is 0. The molecular weight excluding hydrogens is 242 g/mol. The normalized spacial score (nSPS) is 17.7. The van der Waals surface area contributed by atoms with Crippen LogP contribution in [0, 0.1) is 5.92 Å². The highest BCUT2D eigenvalue weighted by atomic mass is 16.5. The first kappa shape index (κ1) is 16.9. The number of rotatable bonds is 12. The van der Waals surface area contributed by atoms with E-state index in [1.165, 1.54) is 12.8 Å². The van der Waals surface area contributed by atoms with Gasteiger partial charge in [-0.1, -0.05) is 13.3 Å². The molecule has 0 heterocycles. The largest absolute Gasteiger partial charge is 0.389 e. The van der Waals surface area contributed by atoms with Crippen molar-refractivity contribution in [3.63, 3.8) is 0 Å². The van der Waals surface area contributed by atoms with Crippen LogP contribution in [0.5, 0.6) is 0 Å². The van der Waals surface area contributed by atoms with Crippen molar-refractivity contribution in [3.05, 3.63) is 0 Å². The molecule has 114 valence electrons. The molecule has 0 aromatic carbocycles. The zero-order valence-corrected chi connectivity index (χ0v) is 12.8. The van der Waals surface area contributed by atoms with E-state index < -0.39 is 6.10 Å². The molecule has 0 aromatic rings. The average molecular weight is 273 g/mol. The van der Waals surface area contributed by atoms with E-state index in [9.17, 15) is 5.11 Å². The summed E-state index contributed by atoms with van der Waals surface area (Å²) in [6, 6.07) is 0. The van der Waals surface area contributed by atoms with Crippen LogP contribution in [0.1, 0.15) is 46.5 Å². The van der Waals surface area contributed by atoms with Crippen LogP contribution in [0.3, 0.4) is 0 Å². The Kier molecular flexibility index (Phi) is 7.91. The first-order valence-electron chi connectivity index (χ1n) is 7.65. The zero-order chi connectivity index (χ0) is 14.1. The summed E-state index contributed by atoms with van der Waals surface area (Å²) in [7, 11) is 0. The van der Waals surface area contributed by atoms with Gasteiger partial charge >= 0.3 is 0 Å². The van der Waals surface area contributed by atoms with E-state index in [2.05, 4.69) is 26.1 Å². The third kappa shape index (κ3) is 7.88. The lowest BCUT2D eigenvalue weighted by Crippen LogP contribution is -2.46. The molecule has 1 rings (SSSR count). The highest BCUT2D eigenvalue weighted by Crippen LogP contribution is 2.39. The van der Waals surface area contributed by atoms with Gasteiger partial charge in [0, 0.05) is 18.7 Å². The van der Waals surface area contributed by atoms with E-state index in [-0.39, 0.29) is 5.54 Å². The van der Waals surface area contributed by atoms with Crippen molar-refractivity contribution in [2.24, 2.45) is 5.92 Å². The van der Waals surface area contributed by atoms with Crippen molar-refractivity contribution in [1.29, 1.82) is 0 Å². The average Bonchev–Trinajstić information content (AvgIpc) is 3.20. The molecule has 0 radical (unpaired) electrons. The van der Waals surface area contributed by atoms with Crippen molar-refractivity contribution in [2.45, 2.75) is 58.1 Å². The molecule has 0 amide bonds. The maximum Gasteiger partial charge on any atom is 0.0897 e. The number of aliphatic hydroxyl groups excluding tert-OH is 1. The molecule has 0 aliphatic heterocycles. The molecule has 1 aliphatic carbocycles. The van der Waals surface area contributed by atoms with Crippen molar-refractivity contribution >= 4 is 0 Å². The number of hydrogen-bond donors (Lipinski definition) is 2. The van der Waals surface area contributed by atoms with Crippen LogP contribution in [-0.2, 0) is 9.47 Å². The molecule has 19 heavy (non-hydrogen) atoms. The highest BCUT2D eigenvalue weighted by molar-refractivity contribution is 4.94. The van der Waals surface area contributed by atoms with Gasteiger partial charge in [0.05, 0.1) is 25.9 Å². The van der Waals surface area contributed by atoms with Crippen molar-refractivity contribution in [1.82, 2.24) is 5.32 Å². The molecule has 1 fully saturated rings. The Balaban J connectivity index is 1.91. The van der Waals surface area contributed by atoms with Gasteiger partial charge in [0.2, 0.25) is 0 Å². The molecule has 4 heteroatoms. The summed E-state index contributed by atoms with van der Waals surface area (Å²) in [5.41, 5.74) is 0.143. The second-order valence-corrected chi connectivity index (χ2v) is 6.07. The predicted octanol–water partition coefficient (Wildman–Crippen LogP) is 1.96. The van der Waals surface area contributed by atoms with Gasteiger partial charge in [-0.05, 0) is 39.0 Å². The third-order valence-electron chi connectivity index (χ3n) is 3.72. The fraction of sp³-hybridized carbons (Fsp3) is 1.00. The van der Waals surface area contributed by atoms with E-state index in [4.69, 9.17) is 9.47 Å². The molecule has 1 atom stereocenters. The highest BCUT2D eigenvalue weighted by Gasteiger charge is 2.37. The molecule has 1 unspecified atom stereocenters. The Morgan fingerprint density at radius 1 is 1.21 bits per heavy atom. The number of hydrogen-bond acceptors (Lipinski definition) is 4. The van der Waals surface area contributed by atoms with E-state index in [0.29, 0.717) is 26.4 Å². The van der Waals surface area contributed by atoms with Crippen LogP contribution in [0.4, 0.5) is 0 Å². The molecule has 0 saturated heterocycles. The van der Waals surface area contributed by atoms with Crippen molar-refractivity contribution in [3.8, 4) is 0 Å². The molecule has 4 nitrogen and oxygen atoms in total. The van der Waals surface area contributed by atoms with E-state index >= 15 is 0 Å². The van der Waals surface area contributed by atoms with Gasteiger partial charge in [-0.25, -0.2) is 0 Å². The summed E-state index contributed by atoms with van der Waals surface area (Å²) in [5, 5.41) is 13.3. The molecule has 1 aliphatic rings. The van der Waals surface area contributed by atoms with Crippen molar-refractivity contribution < 1.29 is 14.6 Å². The zero-order valence-electron chi connectivity index (χ0n) is 12.8. The smallest absolute Gasteiger partial charge is 0.0897 e. The lowest BCUT2D eigenvalue weighted by molar-refractivity contribution is 0.00176. The van der Waals surface area contributed by atoms with Crippen LogP contribution in [0.2, 0.25) is 0 Å². The van der Waals surface area contributed by atoms with Gasteiger partial charge in [-0.2, -0.15) is 0 Å². The van der Waals surface area contributed by atoms with Crippen LogP contribution >= 0.6 is 0 Å². The van der Waals surface area contributed by atoms with Gasteiger partial charge in [0.15, 0.2) is 0 Å². The standard InChI is InChI=1S/C15H31NO3/c1-4-5-8-18-9-10-19-12-14(17)11-16-15(2,3)13-6-7-13/h13-14,16-17H,4-12H2,1-3H3. The van der Waals surface area contributed by atoms with Crippen LogP contribution in [-0.4, -0.2) is 49.7 Å². The van der Waals surface area contributed by atoms with Gasteiger partial charge in [-0.3, -0.25) is 0 Å². The van der Waals surface area contributed by atoms with E-state index in [1.54, 1.807) is 0 Å². The first-order chi connectivity index (χ1) is 9.06. The second-order valence-electron chi connectivity index (χ2n) is 6.07. The second kappa shape index (κ2) is 8.90. The van der Waals surface area contributed by atoms with Crippen LogP contribution < -0.4 is 5.32 Å². The Labute approximate surface area is 117 Å². The van der Waals surface area contributed by atoms with Gasteiger partial charge in [0.25, 0.3) is 0 Å². The van der Waals surface area contributed by atoms with Gasteiger partial charge < -0.3 is 19.9 Å². The van der Waals surface area contributed by atoms with Crippen molar-refractivity contribution in [2.75, 3.05) is 33.0 Å². The Morgan fingerprint density at radius 3 is 2.53 bits per heavy atom. The Bertz CT molecular complexity index is 229. The number of ether oxygens (including phenoxy) is 2. The minimum Gasteiger partial charge on any atom is -0.389 e. The van der Waals surface area contributed by atoms with Crippen LogP contribution in [0.15, 0.2) is 0 Å². The Hall–Kier alpha value is -0.160. The summed E-state index contributed by atoms with van der Waals surface area (Å²) in [6.45, 7) is 9.52.